The van der Waals surface area contributed by atoms with Gasteiger partial charge in [-0.15, -0.1) is 0 Å². The van der Waals surface area contributed by atoms with Gasteiger partial charge in [-0.2, -0.15) is 0 Å². The van der Waals surface area contributed by atoms with Crippen molar-refractivity contribution in [3.05, 3.63) is 79.8 Å². The van der Waals surface area contributed by atoms with E-state index in [4.69, 9.17) is 0 Å². The Kier molecular flexibility index (Phi) is 4.60. The number of carbonyl (C=O) groups excluding carboxylic acids is 2. The Morgan fingerprint density at radius 2 is 1.69 bits per heavy atom. The summed E-state index contributed by atoms with van der Waals surface area (Å²) in [5, 5.41) is 21.5. The minimum atomic E-state index is -0.820. The lowest BCUT2D eigenvalue weighted by Crippen LogP contribution is -2.24. The third-order valence-electron chi connectivity index (χ3n) is 4.21. The Morgan fingerprint density at radius 1 is 1.12 bits per heavy atom. The van der Waals surface area contributed by atoms with E-state index in [2.05, 4.69) is 15.9 Å². The van der Waals surface area contributed by atoms with Gasteiger partial charge in [-0.25, -0.2) is 0 Å². The molecule has 3 rings (SSSR count). The van der Waals surface area contributed by atoms with E-state index in [9.17, 15) is 24.8 Å². The largest absolute Gasteiger partial charge is 0.507 e. The van der Waals surface area contributed by atoms with Crippen LogP contribution in [-0.2, 0) is 9.59 Å². The number of likely N-dealkylation sites (N-methyl/N-ethyl adjacent to an activating group) is 1. The molecule has 2 aromatic carbocycles. The van der Waals surface area contributed by atoms with Crippen molar-refractivity contribution in [3.8, 4) is 0 Å². The predicted molar refractivity (Wildman–Crippen MR) is 97.3 cm³/mol. The second-order valence-corrected chi connectivity index (χ2v) is 6.68. The highest BCUT2D eigenvalue weighted by atomic mass is 79.9. The Bertz CT molecular complexity index is 935. The number of amides is 1. The van der Waals surface area contributed by atoms with Crippen LogP contribution in [0.15, 0.2) is 58.6 Å². The molecule has 132 valence electrons. The molecule has 1 amide bonds. The van der Waals surface area contributed by atoms with Gasteiger partial charge in [-0.3, -0.25) is 19.7 Å². The zero-order valence-corrected chi connectivity index (χ0v) is 15.1. The van der Waals surface area contributed by atoms with E-state index >= 15 is 0 Å². The summed E-state index contributed by atoms with van der Waals surface area (Å²) in [5.74, 6) is -1.83. The molecule has 0 spiro atoms. The molecule has 2 aromatic rings. The van der Waals surface area contributed by atoms with E-state index in [1.165, 1.54) is 36.2 Å². The topological polar surface area (TPSA) is 101 Å². The molecule has 26 heavy (non-hydrogen) atoms. The lowest BCUT2D eigenvalue weighted by atomic mass is 9.95. The standard InChI is InChI=1S/C18H13BrN2O5/c1-20-15(10-4-8-13(9-5-10)21(25)26)14(17(23)18(20)24)16(22)11-2-6-12(19)7-3-11/h2-9,15,22H,1H3/b16-14-. The molecular formula is C18H13BrN2O5. The molecule has 1 unspecified atom stereocenters. The monoisotopic (exact) mass is 416 g/mol. The fourth-order valence-corrected chi connectivity index (χ4v) is 3.14. The number of carbonyl (C=O) groups is 2. The van der Waals surface area contributed by atoms with E-state index in [1.807, 2.05) is 0 Å². The molecule has 1 fully saturated rings. The van der Waals surface area contributed by atoms with Gasteiger partial charge in [0.15, 0.2) is 0 Å². The van der Waals surface area contributed by atoms with Gasteiger partial charge in [0.05, 0.1) is 16.5 Å². The molecular weight excluding hydrogens is 404 g/mol. The molecule has 0 aromatic heterocycles. The summed E-state index contributed by atoms with van der Waals surface area (Å²) < 4.78 is 0.803. The number of nitrogens with zero attached hydrogens (tertiary/aromatic N) is 2. The van der Waals surface area contributed by atoms with Gasteiger partial charge in [-0.1, -0.05) is 28.1 Å². The molecule has 1 saturated heterocycles. The molecule has 1 atom stereocenters. The molecule has 0 saturated carbocycles. The first kappa shape index (κ1) is 17.8. The van der Waals surface area contributed by atoms with Crippen LogP contribution >= 0.6 is 15.9 Å². The first-order valence-corrected chi connectivity index (χ1v) is 8.35. The number of non-ortho nitro benzene ring substituents is 1. The van der Waals surface area contributed by atoms with Gasteiger partial charge in [0, 0.05) is 29.2 Å². The van der Waals surface area contributed by atoms with Crippen LogP contribution in [0.5, 0.6) is 0 Å². The summed E-state index contributed by atoms with van der Waals surface area (Å²) in [6, 6.07) is 11.4. The van der Waals surface area contributed by atoms with Crippen LogP contribution in [0, 0.1) is 10.1 Å². The fourth-order valence-electron chi connectivity index (χ4n) is 2.88. The predicted octanol–water partition coefficient (Wildman–Crippen LogP) is 3.41. The average molecular weight is 417 g/mol. The summed E-state index contributed by atoms with van der Waals surface area (Å²) in [6.45, 7) is 0. The van der Waals surface area contributed by atoms with E-state index in [0.717, 1.165) is 4.47 Å². The molecule has 1 aliphatic rings. The van der Waals surface area contributed by atoms with Crippen molar-refractivity contribution in [2.24, 2.45) is 0 Å². The number of hydrogen-bond donors (Lipinski definition) is 1. The van der Waals surface area contributed by atoms with Crippen LogP contribution in [0.3, 0.4) is 0 Å². The van der Waals surface area contributed by atoms with Gasteiger partial charge in [0.25, 0.3) is 17.4 Å². The van der Waals surface area contributed by atoms with Gasteiger partial charge in [0.2, 0.25) is 0 Å². The van der Waals surface area contributed by atoms with Crippen molar-refractivity contribution < 1.29 is 19.6 Å². The number of aliphatic hydroxyl groups is 1. The molecule has 7 nitrogen and oxygen atoms in total. The zero-order valence-electron chi connectivity index (χ0n) is 13.5. The van der Waals surface area contributed by atoms with Crippen LogP contribution in [0.25, 0.3) is 5.76 Å². The zero-order chi connectivity index (χ0) is 19.0. The number of halogens is 1. The van der Waals surface area contributed by atoms with Crippen LogP contribution < -0.4 is 0 Å². The van der Waals surface area contributed by atoms with Crippen molar-refractivity contribution in [1.82, 2.24) is 4.90 Å². The molecule has 0 radical (unpaired) electrons. The number of benzene rings is 2. The average Bonchev–Trinajstić information content (AvgIpc) is 2.86. The Labute approximate surface area is 156 Å². The van der Waals surface area contributed by atoms with Crippen LogP contribution in [0.1, 0.15) is 17.2 Å². The molecule has 8 heteroatoms. The molecule has 1 heterocycles. The van der Waals surface area contributed by atoms with Crippen molar-refractivity contribution >= 4 is 39.1 Å². The number of nitro benzene ring substituents is 1. The number of hydrogen-bond acceptors (Lipinski definition) is 5. The summed E-state index contributed by atoms with van der Waals surface area (Å²) in [6.07, 6.45) is 0. The molecule has 0 aliphatic carbocycles. The van der Waals surface area contributed by atoms with E-state index in [0.29, 0.717) is 11.1 Å². The van der Waals surface area contributed by atoms with Crippen LogP contribution in [0.2, 0.25) is 0 Å². The first-order chi connectivity index (χ1) is 12.3. The molecule has 1 N–H and O–H groups in total. The lowest BCUT2D eigenvalue weighted by molar-refractivity contribution is -0.384. The van der Waals surface area contributed by atoms with Gasteiger partial charge in [0.1, 0.15) is 5.76 Å². The Morgan fingerprint density at radius 3 is 2.23 bits per heavy atom. The highest BCUT2D eigenvalue weighted by Gasteiger charge is 2.44. The quantitative estimate of drug-likeness (QED) is 0.271. The number of likely N-dealkylation sites (tertiary alicyclic amines) is 1. The van der Waals surface area contributed by atoms with Crippen LogP contribution in [-0.4, -0.2) is 33.7 Å². The molecule has 1 aliphatic heterocycles. The Hall–Kier alpha value is -3.00. The Balaban J connectivity index is 2.13. The third kappa shape index (κ3) is 2.99. The number of Topliss-reactive ketones (excluding diaryl/α,β-unsaturated/α-hetero) is 1. The van der Waals surface area contributed by atoms with Crippen molar-refractivity contribution in [1.29, 1.82) is 0 Å². The summed E-state index contributed by atoms with van der Waals surface area (Å²) in [4.78, 5) is 36.1. The lowest BCUT2D eigenvalue weighted by Gasteiger charge is -2.20. The van der Waals surface area contributed by atoms with Crippen molar-refractivity contribution in [2.45, 2.75) is 6.04 Å². The van der Waals surface area contributed by atoms with Crippen molar-refractivity contribution in [2.75, 3.05) is 7.05 Å². The minimum absolute atomic E-state index is 0.0475. The fraction of sp³-hybridized carbons (Fsp3) is 0.111. The normalized spacial score (nSPS) is 19.0. The third-order valence-corrected chi connectivity index (χ3v) is 4.74. The SMILES string of the molecule is CN1C(=O)C(=O)/C(=C(\O)c2ccc(Br)cc2)C1c1ccc([N+](=O)[O-])cc1. The van der Waals surface area contributed by atoms with Gasteiger partial charge < -0.3 is 10.0 Å². The van der Waals surface area contributed by atoms with Gasteiger partial charge >= 0.3 is 0 Å². The van der Waals surface area contributed by atoms with E-state index < -0.39 is 22.7 Å². The summed E-state index contributed by atoms with van der Waals surface area (Å²) in [7, 11) is 1.45. The smallest absolute Gasteiger partial charge is 0.295 e. The maximum absolute atomic E-state index is 12.4. The van der Waals surface area contributed by atoms with E-state index in [-0.39, 0.29) is 17.0 Å². The number of rotatable bonds is 3. The number of aliphatic hydroxyl groups excluding tert-OH is 1. The second-order valence-electron chi connectivity index (χ2n) is 5.77. The molecule has 0 bridgehead atoms. The summed E-state index contributed by atoms with van der Waals surface area (Å²) >= 11 is 3.29. The second kappa shape index (κ2) is 6.72. The van der Waals surface area contributed by atoms with E-state index in [1.54, 1.807) is 24.3 Å². The minimum Gasteiger partial charge on any atom is -0.507 e. The summed E-state index contributed by atoms with van der Waals surface area (Å²) in [5.41, 5.74) is 0.742. The van der Waals surface area contributed by atoms with Gasteiger partial charge in [-0.05, 0) is 29.8 Å². The van der Waals surface area contributed by atoms with Crippen molar-refractivity contribution in [3.63, 3.8) is 0 Å². The number of ketones is 1. The maximum Gasteiger partial charge on any atom is 0.295 e. The maximum atomic E-state index is 12.4. The highest BCUT2D eigenvalue weighted by Crippen LogP contribution is 2.38. The first-order valence-electron chi connectivity index (χ1n) is 7.56. The number of nitro groups is 1. The highest BCUT2D eigenvalue weighted by molar-refractivity contribution is 9.10. The van der Waals surface area contributed by atoms with Crippen LogP contribution in [0.4, 0.5) is 5.69 Å².